The minimum absolute atomic E-state index is 0.0796. The molecule has 30 heavy (non-hydrogen) atoms. The molecule has 0 aromatic carbocycles. The van der Waals surface area contributed by atoms with E-state index in [0.29, 0.717) is 25.4 Å². The molecule has 5 aliphatic rings. The van der Waals surface area contributed by atoms with Crippen molar-refractivity contribution < 1.29 is 23.9 Å². The van der Waals surface area contributed by atoms with E-state index in [1.807, 2.05) is 20.8 Å². The molecule has 1 saturated heterocycles. The lowest BCUT2D eigenvalue weighted by molar-refractivity contribution is -0.161. The Morgan fingerprint density at radius 2 is 1.73 bits per heavy atom. The van der Waals surface area contributed by atoms with Crippen molar-refractivity contribution in [1.29, 1.82) is 0 Å². The Morgan fingerprint density at radius 1 is 1.10 bits per heavy atom. The van der Waals surface area contributed by atoms with Crippen LogP contribution in [-0.2, 0) is 14.3 Å². The molecule has 4 aliphatic carbocycles. The molecule has 168 valence electrons. The largest absolute Gasteiger partial charge is 0.446 e. The van der Waals surface area contributed by atoms with E-state index >= 15 is 0 Å². The summed E-state index contributed by atoms with van der Waals surface area (Å²) in [6.07, 6.45) is 4.34. The highest BCUT2D eigenvalue weighted by atomic mass is 16.6. The average molecular weight is 422 g/mol. The first-order chi connectivity index (χ1) is 14.0. The van der Waals surface area contributed by atoms with E-state index < -0.39 is 5.60 Å². The van der Waals surface area contributed by atoms with Gasteiger partial charge in [-0.05, 0) is 77.0 Å². The van der Waals surface area contributed by atoms with Crippen LogP contribution >= 0.6 is 0 Å². The molecule has 1 heterocycles. The van der Waals surface area contributed by atoms with E-state index in [1.54, 1.807) is 16.8 Å². The molecule has 3 amide bonds. The zero-order chi connectivity index (χ0) is 21.8. The van der Waals surface area contributed by atoms with Gasteiger partial charge < -0.3 is 25.0 Å². The van der Waals surface area contributed by atoms with Gasteiger partial charge in [0.05, 0.1) is 11.5 Å². The number of nitrogens with two attached hydrogens (primary N) is 1. The maximum atomic E-state index is 12.9. The summed E-state index contributed by atoms with van der Waals surface area (Å²) in [6.45, 7) is 6.52. The summed E-state index contributed by atoms with van der Waals surface area (Å²) < 4.78 is 11.4. The lowest BCUT2D eigenvalue weighted by Gasteiger charge is -2.58. The lowest BCUT2D eigenvalue weighted by Crippen LogP contribution is -2.59. The first-order valence-electron chi connectivity index (χ1n) is 11.2. The molecule has 8 heteroatoms. The summed E-state index contributed by atoms with van der Waals surface area (Å²) in [4.78, 5) is 40.6. The first-order valence-corrected chi connectivity index (χ1v) is 11.2. The van der Waals surface area contributed by atoms with E-state index in [-0.39, 0.29) is 47.5 Å². The first kappa shape index (κ1) is 21.2. The Kier molecular flexibility index (Phi) is 5.18. The summed E-state index contributed by atoms with van der Waals surface area (Å²) >= 11 is 0. The smallest absolute Gasteiger partial charge is 0.410 e. The van der Waals surface area contributed by atoms with Crippen LogP contribution in [0.5, 0.6) is 0 Å². The number of hydrogen-bond acceptors (Lipinski definition) is 5. The third-order valence-corrected chi connectivity index (χ3v) is 7.60. The quantitative estimate of drug-likeness (QED) is 0.755. The van der Waals surface area contributed by atoms with Crippen LogP contribution < -0.4 is 5.73 Å². The standard InChI is InChI=1S/C22H35N3O5/c1-21(2,3)30-19(27)24(4)16-5-6-25(12-16)20(28)29-17-14-7-13-8-15(17)11-22(9-13,10-14)18(23)26/h13-17H,5-12H2,1-4H3,(H2,23,26)/t13?,14-,15?,16?,17?,22?/m1/s1. The summed E-state index contributed by atoms with van der Waals surface area (Å²) in [5.74, 6) is 0.814. The number of ether oxygens (including phenoxy) is 2. The van der Waals surface area contributed by atoms with Gasteiger partial charge in [-0.3, -0.25) is 4.79 Å². The predicted octanol–water partition coefficient (Wildman–Crippen LogP) is 2.74. The Balaban J connectivity index is 1.33. The van der Waals surface area contributed by atoms with E-state index in [1.165, 1.54) is 0 Å². The molecule has 0 aromatic rings. The van der Waals surface area contributed by atoms with Crippen LogP contribution in [0.3, 0.4) is 0 Å². The summed E-state index contributed by atoms with van der Waals surface area (Å²) in [6, 6.07) is -0.0796. The van der Waals surface area contributed by atoms with Crippen molar-refractivity contribution in [2.45, 2.75) is 77.0 Å². The predicted molar refractivity (Wildman–Crippen MR) is 109 cm³/mol. The number of hydrogen-bond donors (Lipinski definition) is 1. The molecular formula is C22H35N3O5. The van der Waals surface area contributed by atoms with Gasteiger partial charge in [-0.25, -0.2) is 9.59 Å². The zero-order valence-electron chi connectivity index (χ0n) is 18.6. The van der Waals surface area contributed by atoms with Crippen molar-refractivity contribution in [2.24, 2.45) is 28.9 Å². The Labute approximate surface area is 178 Å². The normalized spacial score (nSPS) is 37.2. The van der Waals surface area contributed by atoms with E-state index in [4.69, 9.17) is 15.2 Å². The number of amides is 3. The minimum atomic E-state index is -0.551. The molecule has 5 fully saturated rings. The SMILES string of the molecule is CN(C(=O)OC(C)(C)C)C1CCN(C(=O)OC2C3CC4C[C@@H]2CC(C(N)=O)(C4)C3)C1. The second-order valence-corrected chi connectivity index (χ2v) is 10.9. The Hall–Kier alpha value is -1.99. The fourth-order valence-corrected chi connectivity index (χ4v) is 6.37. The molecular weight excluding hydrogens is 386 g/mol. The van der Waals surface area contributed by atoms with Crippen molar-refractivity contribution >= 4 is 18.1 Å². The summed E-state index contributed by atoms with van der Waals surface area (Å²) in [7, 11) is 1.72. The second-order valence-electron chi connectivity index (χ2n) is 10.9. The zero-order valence-corrected chi connectivity index (χ0v) is 18.6. The molecule has 8 nitrogen and oxygen atoms in total. The fraction of sp³-hybridized carbons (Fsp3) is 0.864. The van der Waals surface area contributed by atoms with Gasteiger partial charge in [0, 0.05) is 20.1 Å². The van der Waals surface area contributed by atoms with Crippen LogP contribution in [0, 0.1) is 23.2 Å². The van der Waals surface area contributed by atoms with Crippen molar-refractivity contribution in [3.05, 3.63) is 0 Å². The molecule has 5 unspecified atom stereocenters. The number of carbonyl (C=O) groups is 3. The third kappa shape index (κ3) is 3.85. The summed E-state index contributed by atoms with van der Waals surface area (Å²) in [5, 5.41) is 0. The van der Waals surface area contributed by atoms with Crippen molar-refractivity contribution in [2.75, 3.05) is 20.1 Å². The molecule has 0 spiro atoms. The molecule has 1 aliphatic heterocycles. The molecule has 0 aromatic heterocycles. The number of likely N-dealkylation sites (tertiary alicyclic amines) is 1. The number of carbonyl (C=O) groups excluding carboxylic acids is 3. The van der Waals surface area contributed by atoms with Crippen LogP contribution in [0.2, 0.25) is 0 Å². The lowest BCUT2D eigenvalue weighted by atomic mass is 9.48. The van der Waals surface area contributed by atoms with E-state index in [9.17, 15) is 14.4 Å². The van der Waals surface area contributed by atoms with Crippen LogP contribution in [0.15, 0.2) is 0 Å². The molecule has 2 N–H and O–H groups in total. The highest BCUT2D eigenvalue weighted by Crippen LogP contribution is 2.60. The van der Waals surface area contributed by atoms with Crippen LogP contribution in [-0.4, -0.2) is 65.8 Å². The third-order valence-electron chi connectivity index (χ3n) is 7.60. The number of primary amides is 1. The van der Waals surface area contributed by atoms with Crippen molar-refractivity contribution in [3.8, 4) is 0 Å². The Morgan fingerprint density at radius 3 is 2.30 bits per heavy atom. The van der Waals surface area contributed by atoms with Crippen LogP contribution in [0.1, 0.15) is 59.3 Å². The fourth-order valence-electron chi connectivity index (χ4n) is 6.37. The number of rotatable bonds is 3. The van der Waals surface area contributed by atoms with Crippen LogP contribution in [0.25, 0.3) is 0 Å². The molecule has 4 saturated carbocycles. The maximum absolute atomic E-state index is 12.9. The highest BCUT2D eigenvalue weighted by Gasteiger charge is 2.59. The van der Waals surface area contributed by atoms with Crippen LogP contribution in [0.4, 0.5) is 9.59 Å². The van der Waals surface area contributed by atoms with Gasteiger partial charge in [-0.2, -0.15) is 0 Å². The van der Waals surface area contributed by atoms with Gasteiger partial charge in [-0.15, -0.1) is 0 Å². The Bertz CT molecular complexity index is 717. The van der Waals surface area contributed by atoms with Gasteiger partial charge >= 0.3 is 12.2 Å². The average Bonchev–Trinajstić information content (AvgIpc) is 3.12. The monoisotopic (exact) mass is 421 g/mol. The van der Waals surface area contributed by atoms with Gasteiger partial charge in [0.25, 0.3) is 0 Å². The number of likely N-dealkylation sites (N-methyl/N-ethyl adjacent to an activating group) is 1. The van der Waals surface area contributed by atoms with Gasteiger partial charge in [0.2, 0.25) is 5.91 Å². The molecule has 5 rings (SSSR count). The van der Waals surface area contributed by atoms with E-state index in [0.717, 1.165) is 32.1 Å². The van der Waals surface area contributed by atoms with Crippen molar-refractivity contribution in [1.82, 2.24) is 9.80 Å². The van der Waals surface area contributed by atoms with E-state index in [2.05, 4.69) is 0 Å². The van der Waals surface area contributed by atoms with Gasteiger partial charge in [0.1, 0.15) is 11.7 Å². The highest BCUT2D eigenvalue weighted by molar-refractivity contribution is 5.81. The molecule has 4 bridgehead atoms. The maximum Gasteiger partial charge on any atom is 0.410 e. The van der Waals surface area contributed by atoms with Gasteiger partial charge in [-0.1, -0.05) is 0 Å². The summed E-state index contributed by atoms with van der Waals surface area (Å²) in [5.41, 5.74) is 4.81. The molecule has 0 radical (unpaired) electrons. The number of nitrogens with zero attached hydrogens (tertiary/aromatic N) is 2. The second kappa shape index (κ2) is 7.31. The van der Waals surface area contributed by atoms with Gasteiger partial charge in [0.15, 0.2) is 0 Å². The van der Waals surface area contributed by atoms with Crippen molar-refractivity contribution in [3.63, 3.8) is 0 Å². The topological polar surface area (TPSA) is 102 Å². The molecule has 6 atom stereocenters. The minimum Gasteiger partial charge on any atom is -0.446 e.